The summed E-state index contributed by atoms with van der Waals surface area (Å²) in [5.74, 6) is -0.127. The van der Waals surface area contributed by atoms with E-state index in [1.54, 1.807) is 12.1 Å². The van der Waals surface area contributed by atoms with E-state index in [1.165, 1.54) is 28.8 Å². The minimum absolute atomic E-state index is 0.0185. The third-order valence-electron chi connectivity index (χ3n) is 12.6. The SMILES string of the molecule is CN1CCC(Nc2ccc(S(=O)(=O)NC(=O)c3ccc(N4CCN(CC5=C(c6ccc(Cl)cc6)CC(C)(C)CC5)CC4)cc3Oc3cccc4c3CCN4)cc2[N+](=O)[O-])CC1. The van der Waals surface area contributed by atoms with E-state index in [0.29, 0.717) is 5.75 Å². The van der Waals surface area contributed by atoms with Crippen molar-refractivity contribution in [3.05, 3.63) is 116 Å². The van der Waals surface area contributed by atoms with E-state index < -0.39 is 25.7 Å². The first-order valence-electron chi connectivity index (χ1n) is 21.1. The van der Waals surface area contributed by atoms with Gasteiger partial charge in [-0.15, -0.1) is 0 Å². The maximum absolute atomic E-state index is 14.0. The second-order valence-electron chi connectivity index (χ2n) is 17.5. The molecule has 13 nitrogen and oxygen atoms in total. The van der Waals surface area contributed by atoms with Crippen LogP contribution in [-0.4, -0.2) is 94.5 Å². The van der Waals surface area contributed by atoms with Gasteiger partial charge < -0.3 is 25.2 Å². The van der Waals surface area contributed by atoms with E-state index in [0.717, 1.165) is 119 Å². The Labute approximate surface area is 363 Å². The molecule has 0 bridgehead atoms. The fourth-order valence-electron chi connectivity index (χ4n) is 8.96. The van der Waals surface area contributed by atoms with E-state index in [9.17, 15) is 23.3 Å². The van der Waals surface area contributed by atoms with Gasteiger partial charge >= 0.3 is 0 Å². The number of piperidine rings is 1. The van der Waals surface area contributed by atoms with Gasteiger partial charge in [0.15, 0.2) is 0 Å². The van der Waals surface area contributed by atoms with Crippen LogP contribution in [0.2, 0.25) is 5.02 Å². The summed E-state index contributed by atoms with van der Waals surface area (Å²) in [7, 11) is -2.50. The van der Waals surface area contributed by atoms with Crippen molar-refractivity contribution in [2.75, 3.05) is 74.9 Å². The lowest BCUT2D eigenvalue weighted by Crippen LogP contribution is -2.47. The van der Waals surface area contributed by atoms with Gasteiger partial charge in [-0.05, 0) is 124 Å². The minimum Gasteiger partial charge on any atom is -0.456 e. The minimum atomic E-state index is -4.53. The van der Waals surface area contributed by atoms with Gasteiger partial charge in [0.1, 0.15) is 17.2 Å². The van der Waals surface area contributed by atoms with E-state index in [2.05, 4.69) is 56.0 Å². The number of carbonyl (C=O) groups excluding carboxylic acids is 1. The molecule has 3 N–H and O–H groups in total. The van der Waals surface area contributed by atoms with Gasteiger partial charge in [-0.3, -0.25) is 19.8 Å². The molecule has 322 valence electrons. The molecular formula is C46H54ClN7O6S. The van der Waals surface area contributed by atoms with Crippen LogP contribution in [0.3, 0.4) is 0 Å². The zero-order valence-electron chi connectivity index (χ0n) is 35.0. The van der Waals surface area contributed by atoms with Crippen molar-refractivity contribution in [1.82, 2.24) is 14.5 Å². The van der Waals surface area contributed by atoms with Gasteiger partial charge in [0.2, 0.25) is 0 Å². The number of likely N-dealkylation sites (tertiary alicyclic amines) is 1. The van der Waals surface area contributed by atoms with Crippen LogP contribution in [0.15, 0.2) is 89.3 Å². The number of nitro benzene ring substituents is 1. The third kappa shape index (κ3) is 9.83. The standard InChI is InChI=1S/C46H54ClN7O6S/c1-46(2)19-15-32(39(29-46)31-7-9-33(47)10-8-31)30-52-23-25-53(26-24-52)35-11-13-38(44(27-35)60-43-6-4-5-40-37(43)16-20-48-40)45(55)50-61(58,59)36-12-14-41(42(28-36)54(56)57)49-34-17-21-51(3)22-18-34/h4-14,27-28,34,48-49H,15-26,29-30H2,1-3H3,(H,50,55). The number of rotatable bonds is 12. The highest BCUT2D eigenvalue weighted by Crippen LogP contribution is 2.44. The maximum atomic E-state index is 14.0. The lowest BCUT2D eigenvalue weighted by Gasteiger charge is -2.39. The number of ether oxygens (including phenoxy) is 1. The highest BCUT2D eigenvalue weighted by atomic mass is 35.5. The Hall–Kier alpha value is -5.15. The van der Waals surface area contributed by atoms with Crippen LogP contribution >= 0.6 is 11.6 Å². The number of benzene rings is 4. The average molecular weight is 869 g/mol. The van der Waals surface area contributed by atoms with Gasteiger partial charge in [0.05, 0.1) is 15.4 Å². The van der Waals surface area contributed by atoms with Crippen LogP contribution < -0.4 is 25.0 Å². The highest BCUT2D eigenvalue weighted by molar-refractivity contribution is 7.90. The van der Waals surface area contributed by atoms with Gasteiger partial charge in [-0.1, -0.05) is 49.2 Å². The Balaban J connectivity index is 1.01. The second-order valence-corrected chi connectivity index (χ2v) is 19.6. The molecule has 2 fully saturated rings. The van der Waals surface area contributed by atoms with Crippen molar-refractivity contribution in [3.63, 3.8) is 0 Å². The van der Waals surface area contributed by atoms with E-state index in [4.69, 9.17) is 16.3 Å². The summed E-state index contributed by atoms with van der Waals surface area (Å²) >= 11 is 6.25. The Morgan fingerprint density at radius 3 is 2.44 bits per heavy atom. The lowest BCUT2D eigenvalue weighted by atomic mass is 9.72. The third-order valence-corrected chi connectivity index (χ3v) is 14.1. The summed E-state index contributed by atoms with van der Waals surface area (Å²) < 4.78 is 36.2. The summed E-state index contributed by atoms with van der Waals surface area (Å²) in [4.78, 5) is 32.1. The number of hydrogen-bond acceptors (Lipinski definition) is 11. The van der Waals surface area contributed by atoms with E-state index in [1.807, 2.05) is 43.4 Å². The largest absolute Gasteiger partial charge is 0.456 e. The molecule has 0 radical (unpaired) electrons. The Morgan fingerprint density at radius 1 is 0.951 bits per heavy atom. The van der Waals surface area contributed by atoms with Crippen LogP contribution in [0.25, 0.3) is 5.57 Å². The number of nitrogens with zero attached hydrogens (tertiary/aromatic N) is 4. The lowest BCUT2D eigenvalue weighted by molar-refractivity contribution is -0.384. The van der Waals surface area contributed by atoms with Crippen molar-refractivity contribution in [2.24, 2.45) is 5.41 Å². The number of allylic oxidation sites excluding steroid dienone is 1. The van der Waals surface area contributed by atoms with Crippen molar-refractivity contribution in [1.29, 1.82) is 0 Å². The molecule has 0 spiro atoms. The van der Waals surface area contributed by atoms with Crippen LogP contribution in [0.4, 0.5) is 22.7 Å². The Bertz CT molecular complexity index is 2440. The van der Waals surface area contributed by atoms with Crippen molar-refractivity contribution in [3.8, 4) is 11.5 Å². The molecule has 1 aliphatic carbocycles. The van der Waals surface area contributed by atoms with Gasteiger partial charge in [0.25, 0.3) is 21.6 Å². The predicted octanol–water partition coefficient (Wildman–Crippen LogP) is 8.42. The number of carbonyl (C=O) groups is 1. The first-order chi connectivity index (χ1) is 29.2. The molecule has 3 aliphatic heterocycles. The molecule has 0 unspecified atom stereocenters. The fourth-order valence-corrected chi connectivity index (χ4v) is 10.1. The Kier molecular flexibility index (Phi) is 12.3. The zero-order valence-corrected chi connectivity index (χ0v) is 36.6. The summed E-state index contributed by atoms with van der Waals surface area (Å²) in [6.07, 6.45) is 5.56. The Morgan fingerprint density at radius 2 is 1.70 bits per heavy atom. The molecule has 61 heavy (non-hydrogen) atoms. The molecular weight excluding hydrogens is 814 g/mol. The molecule has 2 saturated heterocycles. The molecule has 4 aromatic rings. The first-order valence-corrected chi connectivity index (χ1v) is 23.0. The number of piperazine rings is 1. The average Bonchev–Trinajstić information content (AvgIpc) is 3.73. The smallest absolute Gasteiger partial charge is 0.293 e. The second kappa shape index (κ2) is 17.7. The number of nitro groups is 1. The molecule has 15 heteroatoms. The number of sulfonamides is 1. The summed E-state index contributed by atoms with van der Waals surface area (Å²) in [6.45, 7) is 11.2. The normalized spacial score (nSPS) is 18.7. The fraction of sp³-hybridized carbons (Fsp3) is 0.413. The number of fused-ring (bicyclic) bond motifs is 1. The molecule has 3 heterocycles. The van der Waals surface area contributed by atoms with Crippen molar-refractivity contribution >= 4 is 55.9 Å². The topological polar surface area (TPSA) is 149 Å². The molecule has 1 amide bonds. The summed E-state index contributed by atoms with van der Waals surface area (Å²) in [5, 5.41) is 19.5. The first kappa shape index (κ1) is 42.5. The van der Waals surface area contributed by atoms with Crippen LogP contribution in [0.5, 0.6) is 11.5 Å². The van der Waals surface area contributed by atoms with Crippen molar-refractivity contribution < 1.29 is 22.9 Å². The molecule has 4 aromatic carbocycles. The van der Waals surface area contributed by atoms with Crippen LogP contribution in [-0.2, 0) is 16.4 Å². The molecule has 0 atom stereocenters. The highest BCUT2D eigenvalue weighted by Gasteiger charge is 2.31. The molecule has 0 aromatic heterocycles. The van der Waals surface area contributed by atoms with Gasteiger partial charge in [-0.2, -0.15) is 0 Å². The number of halogens is 1. The van der Waals surface area contributed by atoms with E-state index >= 15 is 0 Å². The monoisotopic (exact) mass is 867 g/mol. The quantitative estimate of drug-likeness (QED) is 0.0931. The number of nitrogens with one attached hydrogen (secondary N) is 3. The maximum Gasteiger partial charge on any atom is 0.293 e. The van der Waals surface area contributed by atoms with E-state index in [-0.39, 0.29) is 34.1 Å². The van der Waals surface area contributed by atoms with Gasteiger partial charge in [0, 0.05) is 79.4 Å². The number of hydrogen-bond donors (Lipinski definition) is 3. The van der Waals surface area contributed by atoms with Crippen LogP contribution in [0.1, 0.15) is 67.4 Å². The summed E-state index contributed by atoms with van der Waals surface area (Å²) in [5.41, 5.74) is 7.03. The molecule has 0 saturated carbocycles. The van der Waals surface area contributed by atoms with Crippen LogP contribution in [0, 0.1) is 15.5 Å². The summed E-state index contributed by atoms with van der Waals surface area (Å²) in [6, 6.07) is 22.8. The molecule has 4 aliphatic rings. The predicted molar refractivity (Wildman–Crippen MR) is 242 cm³/mol. The van der Waals surface area contributed by atoms with Crippen molar-refractivity contribution in [2.45, 2.75) is 63.3 Å². The number of anilines is 3. The van der Waals surface area contributed by atoms with Gasteiger partial charge in [-0.25, -0.2) is 13.1 Å². The zero-order chi connectivity index (χ0) is 42.9. The number of amides is 1. The molecule has 8 rings (SSSR count).